The van der Waals surface area contributed by atoms with Gasteiger partial charge in [-0.25, -0.2) is 9.78 Å². The number of rotatable bonds is 7. The molecular formula is C21H26N2O4. The van der Waals surface area contributed by atoms with E-state index in [1.807, 2.05) is 41.8 Å². The summed E-state index contributed by atoms with van der Waals surface area (Å²) in [5.74, 6) is -0.851. The summed E-state index contributed by atoms with van der Waals surface area (Å²) in [6.07, 6.45) is 3.54. The standard InChI is InChI=1S/C21H26N2O4/c1-5-18-22-13-17(23(18)14-15-9-7-6-8-10-15)11-16(12-19(24)25)20(26)27-21(2,3)4/h6-11,13H,5,12,14H2,1-4H3,(H,24,25)/b16-11-. The van der Waals surface area contributed by atoms with E-state index in [4.69, 9.17) is 4.74 Å². The molecule has 1 heterocycles. The number of carbonyl (C=O) groups is 2. The number of aryl methyl sites for hydroxylation is 1. The molecule has 2 aromatic rings. The van der Waals surface area contributed by atoms with Crippen LogP contribution in [0.2, 0.25) is 0 Å². The van der Waals surface area contributed by atoms with Crippen LogP contribution in [0.25, 0.3) is 6.08 Å². The normalized spacial score (nSPS) is 12.1. The number of hydrogen-bond acceptors (Lipinski definition) is 4. The Morgan fingerprint density at radius 2 is 1.89 bits per heavy atom. The van der Waals surface area contributed by atoms with Crippen LogP contribution in [0.5, 0.6) is 0 Å². The van der Waals surface area contributed by atoms with Crippen molar-refractivity contribution in [1.82, 2.24) is 9.55 Å². The highest BCUT2D eigenvalue weighted by molar-refractivity contribution is 5.98. The highest BCUT2D eigenvalue weighted by Gasteiger charge is 2.22. The molecule has 1 aromatic heterocycles. The summed E-state index contributed by atoms with van der Waals surface area (Å²) < 4.78 is 7.35. The van der Waals surface area contributed by atoms with E-state index >= 15 is 0 Å². The maximum Gasteiger partial charge on any atom is 0.335 e. The molecular weight excluding hydrogens is 344 g/mol. The Hall–Kier alpha value is -2.89. The molecule has 2 rings (SSSR count). The van der Waals surface area contributed by atoms with Crippen LogP contribution in [0.15, 0.2) is 42.1 Å². The van der Waals surface area contributed by atoms with Crippen molar-refractivity contribution < 1.29 is 19.4 Å². The van der Waals surface area contributed by atoms with E-state index in [-0.39, 0.29) is 5.57 Å². The fourth-order valence-electron chi connectivity index (χ4n) is 2.64. The molecule has 0 fully saturated rings. The van der Waals surface area contributed by atoms with Gasteiger partial charge < -0.3 is 14.4 Å². The number of benzene rings is 1. The third kappa shape index (κ3) is 6.09. The first-order valence-electron chi connectivity index (χ1n) is 8.93. The van der Waals surface area contributed by atoms with Gasteiger partial charge in [-0.1, -0.05) is 37.3 Å². The first-order valence-corrected chi connectivity index (χ1v) is 8.93. The zero-order valence-electron chi connectivity index (χ0n) is 16.2. The first-order chi connectivity index (χ1) is 12.7. The van der Waals surface area contributed by atoms with E-state index < -0.39 is 24.0 Å². The molecule has 0 saturated carbocycles. The average molecular weight is 370 g/mol. The number of carbonyl (C=O) groups excluding carboxylic acids is 1. The lowest BCUT2D eigenvalue weighted by molar-refractivity contribution is -0.151. The van der Waals surface area contributed by atoms with Crippen LogP contribution in [0.3, 0.4) is 0 Å². The lowest BCUT2D eigenvalue weighted by Gasteiger charge is -2.20. The van der Waals surface area contributed by atoms with Crippen molar-refractivity contribution in [3.8, 4) is 0 Å². The quantitative estimate of drug-likeness (QED) is 0.594. The summed E-state index contributed by atoms with van der Waals surface area (Å²) in [4.78, 5) is 28.1. The first kappa shape index (κ1) is 20.4. The molecule has 0 amide bonds. The van der Waals surface area contributed by atoms with Crippen LogP contribution in [-0.4, -0.2) is 32.2 Å². The Bertz CT molecular complexity index is 830. The summed E-state index contributed by atoms with van der Waals surface area (Å²) >= 11 is 0. The Labute approximate surface area is 159 Å². The van der Waals surface area contributed by atoms with E-state index in [1.165, 1.54) is 0 Å². The van der Waals surface area contributed by atoms with E-state index in [1.54, 1.807) is 33.0 Å². The van der Waals surface area contributed by atoms with Crippen molar-refractivity contribution in [1.29, 1.82) is 0 Å². The maximum atomic E-state index is 12.5. The highest BCUT2D eigenvalue weighted by Crippen LogP contribution is 2.19. The second-order valence-corrected chi connectivity index (χ2v) is 7.27. The van der Waals surface area contributed by atoms with Crippen molar-refractivity contribution in [3.05, 3.63) is 59.2 Å². The smallest absolute Gasteiger partial charge is 0.335 e. The molecule has 1 N–H and O–H groups in total. The minimum Gasteiger partial charge on any atom is -0.481 e. The lowest BCUT2D eigenvalue weighted by Crippen LogP contribution is -2.25. The molecule has 0 unspecified atom stereocenters. The molecule has 0 spiro atoms. The number of esters is 1. The van der Waals surface area contributed by atoms with E-state index in [0.29, 0.717) is 12.2 Å². The number of nitrogens with zero attached hydrogens (tertiary/aromatic N) is 2. The molecule has 6 heteroatoms. The third-order valence-electron chi connectivity index (χ3n) is 3.79. The van der Waals surface area contributed by atoms with Gasteiger partial charge in [0, 0.05) is 13.0 Å². The monoisotopic (exact) mass is 370 g/mol. The van der Waals surface area contributed by atoms with Crippen molar-refractivity contribution in [2.45, 2.75) is 52.7 Å². The minimum absolute atomic E-state index is 0.0919. The highest BCUT2D eigenvalue weighted by atomic mass is 16.6. The largest absolute Gasteiger partial charge is 0.481 e. The molecule has 0 aliphatic heterocycles. The number of imidazole rings is 1. The van der Waals surface area contributed by atoms with Gasteiger partial charge in [0.2, 0.25) is 0 Å². The molecule has 0 atom stereocenters. The number of aromatic nitrogens is 2. The van der Waals surface area contributed by atoms with Gasteiger partial charge in [0.1, 0.15) is 11.4 Å². The molecule has 0 aliphatic carbocycles. The zero-order chi connectivity index (χ0) is 20.0. The van der Waals surface area contributed by atoms with Crippen LogP contribution in [0.1, 0.15) is 51.2 Å². The predicted octanol–water partition coefficient (Wildman–Crippen LogP) is 3.69. The van der Waals surface area contributed by atoms with Gasteiger partial charge >= 0.3 is 11.9 Å². The SMILES string of the molecule is CCc1ncc(/C=C(/CC(=O)O)C(=O)OC(C)(C)C)n1Cc1ccccc1. The number of ether oxygens (including phenoxy) is 1. The van der Waals surface area contributed by atoms with Gasteiger partial charge in [0.05, 0.1) is 23.9 Å². The number of hydrogen-bond donors (Lipinski definition) is 1. The van der Waals surface area contributed by atoms with Crippen molar-refractivity contribution >= 4 is 18.0 Å². The van der Waals surface area contributed by atoms with Crippen LogP contribution in [0.4, 0.5) is 0 Å². The average Bonchev–Trinajstić information content (AvgIpc) is 2.95. The van der Waals surface area contributed by atoms with Crippen molar-refractivity contribution in [3.63, 3.8) is 0 Å². The minimum atomic E-state index is -1.09. The molecule has 27 heavy (non-hydrogen) atoms. The Morgan fingerprint density at radius 3 is 2.44 bits per heavy atom. The molecule has 1 aromatic carbocycles. The lowest BCUT2D eigenvalue weighted by atomic mass is 10.1. The van der Waals surface area contributed by atoms with Crippen molar-refractivity contribution in [2.24, 2.45) is 0 Å². The van der Waals surface area contributed by atoms with Gasteiger partial charge in [0.15, 0.2) is 0 Å². The van der Waals surface area contributed by atoms with E-state index in [0.717, 1.165) is 17.8 Å². The maximum absolute atomic E-state index is 12.5. The Balaban J connectivity index is 2.41. The van der Waals surface area contributed by atoms with Gasteiger partial charge in [-0.3, -0.25) is 4.79 Å². The summed E-state index contributed by atoms with van der Waals surface area (Å²) in [6.45, 7) is 7.84. The van der Waals surface area contributed by atoms with Crippen LogP contribution in [-0.2, 0) is 27.3 Å². The fourth-order valence-corrected chi connectivity index (χ4v) is 2.64. The van der Waals surface area contributed by atoms with Crippen LogP contribution in [0, 0.1) is 0 Å². The number of carboxylic acids is 1. The van der Waals surface area contributed by atoms with Gasteiger partial charge in [-0.15, -0.1) is 0 Å². The summed E-state index contributed by atoms with van der Waals surface area (Å²) in [5.41, 5.74) is 1.16. The topological polar surface area (TPSA) is 81.4 Å². The van der Waals surface area contributed by atoms with Crippen molar-refractivity contribution in [2.75, 3.05) is 0 Å². The Kier molecular flexibility index (Phi) is 6.55. The van der Waals surface area contributed by atoms with Gasteiger partial charge in [-0.05, 0) is 32.4 Å². The number of carboxylic acid groups (broad SMARTS) is 1. The van der Waals surface area contributed by atoms with E-state index in [9.17, 15) is 14.7 Å². The second-order valence-electron chi connectivity index (χ2n) is 7.27. The molecule has 0 radical (unpaired) electrons. The third-order valence-corrected chi connectivity index (χ3v) is 3.79. The van der Waals surface area contributed by atoms with Crippen LogP contribution < -0.4 is 0 Å². The summed E-state index contributed by atoms with van der Waals surface area (Å²) in [6, 6.07) is 9.90. The predicted molar refractivity (Wildman–Crippen MR) is 103 cm³/mol. The number of aliphatic carboxylic acids is 1. The second kappa shape index (κ2) is 8.66. The van der Waals surface area contributed by atoms with Gasteiger partial charge in [-0.2, -0.15) is 0 Å². The molecule has 0 bridgehead atoms. The van der Waals surface area contributed by atoms with Gasteiger partial charge in [0.25, 0.3) is 0 Å². The molecule has 6 nitrogen and oxygen atoms in total. The fraction of sp³-hybridized carbons (Fsp3) is 0.381. The van der Waals surface area contributed by atoms with Crippen LogP contribution >= 0.6 is 0 Å². The Morgan fingerprint density at radius 1 is 1.22 bits per heavy atom. The van der Waals surface area contributed by atoms with E-state index in [2.05, 4.69) is 4.98 Å². The summed E-state index contributed by atoms with van der Waals surface area (Å²) in [7, 11) is 0. The molecule has 0 saturated heterocycles. The zero-order valence-corrected chi connectivity index (χ0v) is 16.2. The molecule has 0 aliphatic rings. The molecule has 144 valence electrons. The summed E-state index contributed by atoms with van der Waals surface area (Å²) in [5, 5.41) is 9.19.